The summed E-state index contributed by atoms with van der Waals surface area (Å²) in [5.41, 5.74) is 2.06. The lowest BCUT2D eigenvalue weighted by atomic mass is 10.1. The molecule has 2 aliphatic rings. The Morgan fingerprint density at radius 1 is 1.11 bits per heavy atom. The summed E-state index contributed by atoms with van der Waals surface area (Å²) in [5, 5.41) is 11.7. The zero-order valence-corrected chi connectivity index (χ0v) is 15.6. The predicted molar refractivity (Wildman–Crippen MR) is 103 cm³/mol. The van der Waals surface area contributed by atoms with Crippen LogP contribution in [0.1, 0.15) is 29.4 Å². The molecule has 9 nitrogen and oxygen atoms in total. The van der Waals surface area contributed by atoms with Crippen molar-refractivity contribution in [3.05, 3.63) is 36.2 Å². The molecule has 1 N–H and O–H groups in total. The van der Waals surface area contributed by atoms with Crippen LogP contribution >= 0.6 is 0 Å². The summed E-state index contributed by atoms with van der Waals surface area (Å²) in [7, 11) is 0. The number of aromatic nitrogens is 4. The standard InChI is InChI=1S/C19H23N7O2/c27-18(16-13-26(23-22-16)14-5-7-20-8-6-14)24-9-11-25(12-10-24)19-21-15-3-1-2-4-17(15)28-19/h1-4,13-14,20H,5-12H2. The normalized spacial score (nSPS) is 18.7. The van der Waals surface area contributed by atoms with E-state index < -0.39 is 0 Å². The number of nitrogens with one attached hydrogen (secondary N) is 1. The van der Waals surface area contributed by atoms with Crippen LogP contribution in [0.4, 0.5) is 6.01 Å². The number of benzene rings is 1. The molecule has 2 aliphatic heterocycles. The number of hydrogen-bond donors (Lipinski definition) is 1. The predicted octanol–water partition coefficient (Wildman–Crippen LogP) is 1.31. The third-order valence-corrected chi connectivity index (χ3v) is 5.53. The molecule has 0 bridgehead atoms. The first kappa shape index (κ1) is 17.2. The minimum Gasteiger partial charge on any atom is -0.423 e. The van der Waals surface area contributed by atoms with Crippen molar-refractivity contribution in [2.75, 3.05) is 44.2 Å². The smallest absolute Gasteiger partial charge is 0.298 e. The van der Waals surface area contributed by atoms with Gasteiger partial charge in [-0.05, 0) is 38.1 Å². The number of para-hydroxylation sites is 2. The third kappa shape index (κ3) is 3.22. The molecule has 146 valence electrons. The average molecular weight is 381 g/mol. The first-order chi connectivity index (χ1) is 13.8. The van der Waals surface area contributed by atoms with Crippen molar-refractivity contribution in [2.24, 2.45) is 0 Å². The molecule has 4 heterocycles. The fraction of sp³-hybridized carbons (Fsp3) is 0.474. The van der Waals surface area contributed by atoms with E-state index in [9.17, 15) is 4.79 Å². The Kier molecular flexibility index (Phi) is 4.44. The van der Waals surface area contributed by atoms with Gasteiger partial charge in [-0.25, -0.2) is 4.68 Å². The highest BCUT2D eigenvalue weighted by Gasteiger charge is 2.27. The molecule has 9 heteroatoms. The maximum atomic E-state index is 12.8. The highest BCUT2D eigenvalue weighted by molar-refractivity contribution is 5.92. The van der Waals surface area contributed by atoms with E-state index in [0.29, 0.717) is 43.9 Å². The molecule has 1 aromatic carbocycles. The number of carbonyl (C=O) groups is 1. The first-order valence-corrected chi connectivity index (χ1v) is 9.80. The molecule has 2 saturated heterocycles. The number of carbonyl (C=O) groups excluding carboxylic acids is 1. The van der Waals surface area contributed by atoms with Crippen molar-refractivity contribution >= 4 is 23.0 Å². The van der Waals surface area contributed by atoms with Gasteiger partial charge in [0.1, 0.15) is 5.52 Å². The minimum atomic E-state index is -0.0580. The van der Waals surface area contributed by atoms with E-state index in [2.05, 4.69) is 25.5 Å². The summed E-state index contributed by atoms with van der Waals surface area (Å²) in [6.45, 7) is 4.54. The Labute approximate surface area is 162 Å². The fourth-order valence-corrected chi connectivity index (χ4v) is 3.88. The highest BCUT2D eigenvalue weighted by atomic mass is 16.4. The van der Waals surface area contributed by atoms with Gasteiger partial charge in [-0.3, -0.25) is 4.79 Å². The van der Waals surface area contributed by atoms with Crippen molar-refractivity contribution < 1.29 is 9.21 Å². The van der Waals surface area contributed by atoms with Gasteiger partial charge in [0.25, 0.3) is 11.9 Å². The van der Waals surface area contributed by atoms with Crippen LogP contribution in [0, 0.1) is 0 Å². The molecule has 0 aliphatic carbocycles. The van der Waals surface area contributed by atoms with Gasteiger partial charge < -0.3 is 19.5 Å². The number of piperidine rings is 1. The van der Waals surface area contributed by atoms with Crippen LogP contribution < -0.4 is 10.2 Å². The molecular formula is C19H23N7O2. The number of piperazine rings is 1. The monoisotopic (exact) mass is 381 g/mol. The topological polar surface area (TPSA) is 92.3 Å². The summed E-state index contributed by atoms with van der Waals surface area (Å²) in [6.07, 6.45) is 3.83. The lowest BCUT2D eigenvalue weighted by Gasteiger charge is -2.33. The van der Waals surface area contributed by atoms with Crippen molar-refractivity contribution in [1.82, 2.24) is 30.2 Å². The number of nitrogens with zero attached hydrogens (tertiary/aromatic N) is 6. The van der Waals surface area contributed by atoms with Crippen molar-refractivity contribution in [3.63, 3.8) is 0 Å². The van der Waals surface area contributed by atoms with Crippen LogP contribution in [0.2, 0.25) is 0 Å². The molecule has 28 heavy (non-hydrogen) atoms. The molecule has 5 rings (SSSR count). The summed E-state index contributed by atoms with van der Waals surface area (Å²) in [6, 6.07) is 8.68. The Balaban J connectivity index is 1.22. The van der Waals surface area contributed by atoms with Gasteiger partial charge in [0.05, 0.1) is 12.2 Å². The fourth-order valence-electron chi connectivity index (χ4n) is 3.88. The number of rotatable bonds is 3. The molecule has 0 unspecified atom stereocenters. The molecule has 0 atom stereocenters. The van der Waals surface area contributed by atoms with Crippen LogP contribution in [-0.2, 0) is 0 Å². The lowest BCUT2D eigenvalue weighted by molar-refractivity contribution is 0.0739. The van der Waals surface area contributed by atoms with Crippen molar-refractivity contribution in [3.8, 4) is 0 Å². The SMILES string of the molecule is O=C(c1cn(C2CCNCC2)nn1)N1CCN(c2nc3ccccc3o2)CC1. The first-order valence-electron chi connectivity index (χ1n) is 9.80. The van der Waals surface area contributed by atoms with Gasteiger partial charge in [0.15, 0.2) is 11.3 Å². The van der Waals surface area contributed by atoms with Gasteiger partial charge in [-0.1, -0.05) is 17.3 Å². The number of oxazole rings is 1. The van der Waals surface area contributed by atoms with Gasteiger partial charge in [-0.2, -0.15) is 4.98 Å². The van der Waals surface area contributed by atoms with Crippen molar-refractivity contribution in [2.45, 2.75) is 18.9 Å². The second kappa shape index (κ2) is 7.23. The maximum absolute atomic E-state index is 12.8. The molecule has 0 saturated carbocycles. The minimum absolute atomic E-state index is 0.0580. The third-order valence-electron chi connectivity index (χ3n) is 5.53. The van der Waals surface area contributed by atoms with Gasteiger partial charge in [0.2, 0.25) is 0 Å². The Bertz CT molecular complexity index is 934. The van der Waals surface area contributed by atoms with E-state index in [1.165, 1.54) is 0 Å². The van der Waals surface area contributed by atoms with Gasteiger partial charge in [-0.15, -0.1) is 5.10 Å². The molecule has 1 amide bonds. The second-order valence-electron chi connectivity index (χ2n) is 7.31. The van der Waals surface area contributed by atoms with Crippen LogP contribution in [0.25, 0.3) is 11.1 Å². The summed E-state index contributed by atoms with van der Waals surface area (Å²) in [4.78, 5) is 21.3. The Hall–Kier alpha value is -2.94. The maximum Gasteiger partial charge on any atom is 0.298 e. The lowest BCUT2D eigenvalue weighted by Crippen LogP contribution is -2.49. The molecular weight excluding hydrogens is 358 g/mol. The van der Waals surface area contributed by atoms with E-state index in [-0.39, 0.29) is 5.91 Å². The molecule has 0 spiro atoms. The van der Waals surface area contributed by atoms with Crippen LogP contribution in [0.5, 0.6) is 0 Å². The average Bonchev–Trinajstić information content (AvgIpc) is 3.41. The van der Waals surface area contributed by atoms with E-state index in [4.69, 9.17) is 4.42 Å². The van der Waals surface area contributed by atoms with Gasteiger partial charge >= 0.3 is 0 Å². The largest absolute Gasteiger partial charge is 0.423 e. The summed E-state index contributed by atoms with van der Waals surface area (Å²) in [5.74, 6) is -0.0580. The molecule has 0 radical (unpaired) electrons. The summed E-state index contributed by atoms with van der Waals surface area (Å²) >= 11 is 0. The number of amides is 1. The molecule has 2 aromatic heterocycles. The van der Waals surface area contributed by atoms with Crippen molar-refractivity contribution in [1.29, 1.82) is 0 Å². The summed E-state index contributed by atoms with van der Waals surface area (Å²) < 4.78 is 7.69. The van der Waals surface area contributed by atoms with Crippen LogP contribution in [0.15, 0.2) is 34.9 Å². The van der Waals surface area contributed by atoms with Gasteiger partial charge in [0, 0.05) is 26.2 Å². The van der Waals surface area contributed by atoms with E-state index >= 15 is 0 Å². The quantitative estimate of drug-likeness (QED) is 0.731. The Morgan fingerprint density at radius 3 is 2.68 bits per heavy atom. The number of hydrogen-bond acceptors (Lipinski definition) is 7. The van der Waals surface area contributed by atoms with E-state index in [1.807, 2.05) is 33.8 Å². The molecule has 2 fully saturated rings. The molecule has 3 aromatic rings. The zero-order valence-electron chi connectivity index (χ0n) is 15.6. The number of fused-ring (bicyclic) bond motifs is 1. The van der Waals surface area contributed by atoms with E-state index in [1.54, 1.807) is 6.20 Å². The van der Waals surface area contributed by atoms with Crippen LogP contribution in [0.3, 0.4) is 0 Å². The number of anilines is 1. The zero-order chi connectivity index (χ0) is 18.9. The Morgan fingerprint density at radius 2 is 1.89 bits per heavy atom. The van der Waals surface area contributed by atoms with E-state index in [0.717, 1.165) is 37.0 Å². The highest BCUT2D eigenvalue weighted by Crippen LogP contribution is 2.23. The second-order valence-corrected chi connectivity index (χ2v) is 7.31. The van der Waals surface area contributed by atoms with Crippen LogP contribution in [-0.4, -0.2) is 70.1 Å².